The number of benzene rings is 1. The molecule has 0 spiro atoms. The quantitative estimate of drug-likeness (QED) is 0.855. The Morgan fingerprint density at radius 1 is 1.29 bits per heavy atom. The van der Waals surface area contributed by atoms with E-state index in [2.05, 4.69) is 46.2 Å². The van der Waals surface area contributed by atoms with Crippen LogP contribution < -0.4 is 0 Å². The number of rotatable bonds is 2. The number of nitrogens with zero attached hydrogens (tertiary/aromatic N) is 2. The van der Waals surface area contributed by atoms with Crippen LogP contribution in [0.4, 0.5) is 0 Å². The summed E-state index contributed by atoms with van der Waals surface area (Å²) in [4.78, 5) is 10.3. The van der Waals surface area contributed by atoms with Crippen molar-refractivity contribution in [1.82, 2.24) is 14.9 Å². The van der Waals surface area contributed by atoms with Crippen molar-refractivity contribution in [2.75, 3.05) is 13.6 Å². The number of hydrogen-bond donors (Lipinski definition) is 1. The second kappa shape index (κ2) is 4.34. The van der Waals surface area contributed by atoms with Crippen LogP contribution in [0.15, 0.2) is 36.5 Å². The SMILES string of the molecule is CN1CCC[C@@H]1c1ncc(-c2ccccc2)[nH]1. The summed E-state index contributed by atoms with van der Waals surface area (Å²) in [7, 11) is 2.17. The number of imidazole rings is 1. The maximum Gasteiger partial charge on any atom is 0.123 e. The van der Waals surface area contributed by atoms with Gasteiger partial charge in [-0.15, -0.1) is 0 Å². The number of likely N-dealkylation sites (tertiary alicyclic amines) is 1. The van der Waals surface area contributed by atoms with Gasteiger partial charge in [-0.1, -0.05) is 30.3 Å². The van der Waals surface area contributed by atoms with Gasteiger partial charge < -0.3 is 4.98 Å². The molecule has 1 fully saturated rings. The molecule has 0 saturated carbocycles. The summed E-state index contributed by atoms with van der Waals surface area (Å²) in [6.07, 6.45) is 4.41. The summed E-state index contributed by atoms with van der Waals surface area (Å²) in [5.74, 6) is 1.10. The highest BCUT2D eigenvalue weighted by Crippen LogP contribution is 2.29. The van der Waals surface area contributed by atoms with Crippen LogP contribution in [0.3, 0.4) is 0 Å². The number of H-pyrrole nitrogens is 1. The van der Waals surface area contributed by atoms with Crippen molar-refractivity contribution < 1.29 is 0 Å². The second-order valence-corrected chi connectivity index (χ2v) is 4.69. The van der Waals surface area contributed by atoms with Gasteiger partial charge in [-0.25, -0.2) is 4.98 Å². The van der Waals surface area contributed by atoms with Crippen LogP contribution in [0.5, 0.6) is 0 Å². The summed E-state index contributed by atoms with van der Waals surface area (Å²) < 4.78 is 0. The van der Waals surface area contributed by atoms with Crippen molar-refractivity contribution in [1.29, 1.82) is 0 Å². The van der Waals surface area contributed by atoms with Crippen molar-refractivity contribution in [3.05, 3.63) is 42.4 Å². The zero-order valence-corrected chi connectivity index (χ0v) is 10.1. The van der Waals surface area contributed by atoms with Gasteiger partial charge in [0.1, 0.15) is 5.82 Å². The number of aromatic amines is 1. The molecule has 0 bridgehead atoms. The first-order chi connectivity index (χ1) is 8.34. The monoisotopic (exact) mass is 227 g/mol. The average molecular weight is 227 g/mol. The summed E-state index contributed by atoms with van der Waals surface area (Å²) >= 11 is 0. The van der Waals surface area contributed by atoms with E-state index in [1.807, 2.05) is 12.3 Å². The molecular weight excluding hydrogens is 210 g/mol. The molecule has 0 amide bonds. The van der Waals surface area contributed by atoms with Gasteiger partial charge in [-0.05, 0) is 32.0 Å². The van der Waals surface area contributed by atoms with Gasteiger partial charge in [-0.2, -0.15) is 0 Å². The molecule has 0 radical (unpaired) electrons. The molecule has 1 aliphatic rings. The van der Waals surface area contributed by atoms with Crippen LogP contribution in [-0.2, 0) is 0 Å². The molecule has 2 heterocycles. The highest BCUT2D eigenvalue weighted by molar-refractivity contribution is 5.58. The van der Waals surface area contributed by atoms with Crippen LogP contribution in [0.25, 0.3) is 11.3 Å². The van der Waals surface area contributed by atoms with Crippen molar-refractivity contribution in [3.63, 3.8) is 0 Å². The first kappa shape index (κ1) is 10.5. The number of hydrogen-bond acceptors (Lipinski definition) is 2. The summed E-state index contributed by atoms with van der Waals surface area (Å²) in [6.45, 7) is 1.17. The maximum atomic E-state index is 4.53. The minimum absolute atomic E-state index is 0.465. The van der Waals surface area contributed by atoms with Crippen LogP contribution in [0.1, 0.15) is 24.7 Å². The molecule has 0 unspecified atom stereocenters. The highest BCUT2D eigenvalue weighted by Gasteiger charge is 2.24. The molecule has 1 N–H and O–H groups in total. The zero-order valence-electron chi connectivity index (χ0n) is 10.1. The Morgan fingerprint density at radius 2 is 2.12 bits per heavy atom. The summed E-state index contributed by atoms with van der Waals surface area (Å²) in [5.41, 5.74) is 2.31. The minimum atomic E-state index is 0.465. The van der Waals surface area contributed by atoms with Crippen LogP contribution in [-0.4, -0.2) is 28.5 Å². The van der Waals surface area contributed by atoms with E-state index in [1.54, 1.807) is 0 Å². The molecule has 1 aromatic carbocycles. The van der Waals surface area contributed by atoms with Crippen molar-refractivity contribution in [2.24, 2.45) is 0 Å². The molecule has 88 valence electrons. The Bertz CT molecular complexity index is 489. The Hall–Kier alpha value is -1.61. The summed E-state index contributed by atoms with van der Waals surface area (Å²) in [5, 5.41) is 0. The van der Waals surface area contributed by atoms with Crippen molar-refractivity contribution >= 4 is 0 Å². The Labute approximate surface area is 101 Å². The van der Waals surface area contributed by atoms with Gasteiger partial charge in [0, 0.05) is 0 Å². The normalized spacial score (nSPS) is 20.9. The second-order valence-electron chi connectivity index (χ2n) is 4.69. The predicted octanol–water partition coefficient (Wildman–Crippen LogP) is 2.84. The lowest BCUT2D eigenvalue weighted by Gasteiger charge is -2.16. The third kappa shape index (κ3) is 1.98. The number of nitrogens with one attached hydrogen (secondary N) is 1. The molecule has 1 atom stereocenters. The molecule has 3 rings (SSSR count). The molecule has 3 nitrogen and oxygen atoms in total. The van der Waals surface area contributed by atoms with E-state index in [1.165, 1.54) is 24.9 Å². The molecule has 1 aromatic heterocycles. The van der Waals surface area contributed by atoms with Crippen LogP contribution >= 0.6 is 0 Å². The zero-order chi connectivity index (χ0) is 11.7. The van der Waals surface area contributed by atoms with Gasteiger partial charge in [0.05, 0.1) is 17.9 Å². The molecular formula is C14H17N3. The smallest absolute Gasteiger partial charge is 0.123 e. The lowest BCUT2D eigenvalue weighted by Crippen LogP contribution is -2.18. The van der Waals surface area contributed by atoms with E-state index in [4.69, 9.17) is 0 Å². The lowest BCUT2D eigenvalue weighted by atomic mass is 10.2. The highest BCUT2D eigenvalue weighted by atomic mass is 15.2. The Kier molecular flexibility index (Phi) is 2.69. The number of aromatic nitrogens is 2. The largest absolute Gasteiger partial charge is 0.341 e. The van der Waals surface area contributed by atoms with E-state index in [9.17, 15) is 0 Å². The first-order valence-corrected chi connectivity index (χ1v) is 6.15. The fourth-order valence-corrected chi connectivity index (χ4v) is 2.53. The predicted molar refractivity (Wildman–Crippen MR) is 68.6 cm³/mol. The molecule has 0 aliphatic carbocycles. The Morgan fingerprint density at radius 3 is 2.82 bits per heavy atom. The third-order valence-electron chi connectivity index (χ3n) is 3.52. The standard InChI is InChI=1S/C14H17N3/c1-17-9-5-8-13(17)14-15-10-12(16-14)11-6-3-2-4-7-11/h2-4,6-7,10,13H,5,8-9H2,1H3,(H,15,16)/t13-/m1/s1. The topological polar surface area (TPSA) is 31.9 Å². The molecule has 3 heteroatoms. The van der Waals surface area contributed by atoms with Gasteiger partial charge in [0.15, 0.2) is 0 Å². The molecule has 17 heavy (non-hydrogen) atoms. The average Bonchev–Trinajstić information content (AvgIpc) is 2.98. The van der Waals surface area contributed by atoms with Gasteiger partial charge in [-0.3, -0.25) is 4.90 Å². The maximum absolute atomic E-state index is 4.53. The lowest BCUT2D eigenvalue weighted by molar-refractivity contribution is 0.307. The minimum Gasteiger partial charge on any atom is -0.341 e. The Balaban J connectivity index is 1.88. The van der Waals surface area contributed by atoms with E-state index < -0.39 is 0 Å². The van der Waals surface area contributed by atoms with Gasteiger partial charge >= 0.3 is 0 Å². The van der Waals surface area contributed by atoms with Crippen LogP contribution in [0, 0.1) is 0 Å². The van der Waals surface area contributed by atoms with E-state index in [-0.39, 0.29) is 0 Å². The van der Waals surface area contributed by atoms with Gasteiger partial charge in [0.25, 0.3) is 0 Å². The van der Waals surface area contributed by atoms with Crippen LogP contribution in [0.2, 0.25) is 0 Å². The van der Waals surface area contributed by atoms with E-state index in [0.717, 1.165) is 11.5 Å². The fourth-order valence-electron chi connectivity index (χ4n) is 2.53. The van der Waals surface area contributed by atoms with E-state index >= 15 is 0 Å². The van der Waals surface area contributed by atoms with Crippen molar-refractivity contribution in [2.45, 2.75) is 18.9 Å². The summed E-state index contributed by atoms with van der Waals surface area (Å²) in [6, 6.07) is 10.8. The molecule has 1 aliphatic heterocycles. The van der Waals surface area contributed by atoms with E-state index in [0.29, 0.717) is 6.04 Å². The van der Waals surface area contributed by atoms with Gasteiger partial charge in [0.2, 0.25) is 0 Å². The first-order valence-electron chi connectivity index (χ1n) is 6.15. The molecule has 1 saturated heterocycles. The fraction of sp³-hybridized carbons (Fsp3) is 0.357. The van der Waals surface area contributed by atoms with Crippen molar-refractivity contribution in [3.8, 4) is 11.3 Å². The third-order valence-corrected chi connectivity index (χ3v) is 3.52. The molecule has 2 aromatic rings.